The second-order valence-electron chi connectivity index (χ2n) is 6.35. The Morgan fingerprint density at radius 2 is 1.65 bits per heavy atom. The van der Waals surface area contributed by atoms with Gasteiger partial charge in [-0.15, -0.1) is 0 Å². The fourth-order valence-corrected chi connectivity index (χ4v) is 3.15. The molecule has 0 heterocycles. The molecule has 1 aliphatic carbocycles. The second kappa shape index (κ2) is 7.23. The lowest BCUT2D eigenvalue weighted by molar-refractivity contribution is 0.0946. The summed E-state index contributed by atoms with van der Waals surface area (Å²) in [5, 5.41) is 2.97. The lowest BCUT2D eigenvalue weighted by Gasteiger charge is -2.19. The van der Waals surface area contributed by atoms with E-state index in [9.17, 15) is 9.18 Å². The van der Waals surface area contributed by atoms with Gasteiger partial charge in [0.1, 0.15) is 5.82 Å². The predicted molar refractivity (Wildman–Crippen MR) is 95.7 cm³/mol. The largest absolute Gasteiger partial charge is 0.493 e. The molecule has 3 rings (SSSR count). The van der Waals surface area contributed by atoms with Gasteiger partial charge in [0.25, 0.3) is 5.91 Å². The summed E-state index contributed by atoms with van der Waals surface area (Å²) in [4.78, 5) is 12.7. The van der Waals surface area contributed by atoms with Crippen molar-refractivity contribution < 1.29 is 23.4 Å². The third-order valence-electron chi connectivity index (χ3n) is 4.85. The van der Waals surface area contributed by atoms with Crippen LogP contribution in [0.25, 0.3) is 0 Å². The first-order chi connectivity index (χ1) is 12.5. The van der Waals surface area contributed by atoms with E-state index in [1.807, 2.05) is 0 Å². The molecule has 0 unspecified atom stereocenters. The zero-order chi connectivity index (χ0) is 18.7. The molecule has 6 heteroatoms. The number of hydrogen-bond acceptors (Lipinski definition) is 4. The highest BCUT2D eigenvalue weighted by Crippen LogP contribution is 2.47. The fourth-order valence-electron chi connectivity index (χ4n) is 3.15. The Balaban J connectivity index is 1.77. The third-order valence-corrected chi connectivity index (χ3v) is 4.85. The van der Waals surface area contributed by atoms with Gasteiger partial charge in [-0.05, 0) is 42.7 Å². The van der Waals surface area contributed by atoms with Gasteiger partial charge in [0.05, 0.1) is 26.9 Å². The molecule has 1 fully saturated rings. The summed E-state index contributed by atoms with van der Waals surface area (Å²) >= 11 is 0. The number of carbonyl (C=O) groups is 1. The number of hydrogen-bond donors (Lipinski definition) is 1. The molecule has 0 radical (unpaired) electrons. The van der Waals surface area contributed by atoms with Gasteiger partial charge < -0.3 is 19.5 Å². The van der Waals surface area contributed by atoms with E-state index < -0.39 is 0 Å². The quantitative estimate of drug-likeness (QED) is 0.824. The Morgan fingerprint density at radius 3 is 2.19 bits per heavy atom. The van der Waals surface area contributed by atoms with Crippen molar-refractivity contribution in [1.29, 1.82) is 0 Å². The first kappa shape index (κ1) is 18.0. The normalized spacial score (nSPS) is 14.5. The van der Waals surface area contributed by atoms with Crippen molar-refractivity contribution >= 4 is 5.91 Å². The lowest BCUT2D eigenvalue weighted by Crippen LogP contribution is -2.32. The average molecular weight is 359 g/mol. The summed E-state index contributed by atoms with van der Waals surface area (Å²) in [5.74, 6) is 0.684. The highest BCUT2D eigenvalue weighted by molar-refractivity contribution is 5.98. The Labute approximate surface area is 152 Å². The number of rotatable bonds is 7. The molecule has 0 saturated heterocycles. The van der Waals surface area contributed by atoms with Crippen LogP contribution in [0.5, 0.6) is 17.2 Å². The first-order valence-electron chi connectivity index (χ1n) is 8.38. The topological polar surface area (TPSA) is 56.8 Å². The second-order valence-corrected chi connectivity index (χ2v) is 6.35. The van der Waals surface area contributed by atoms with Gasteiger partial charge in [-0.1, -0.05) is 12.1 Å². The number of amides is 1. The molecule has 1 N–H and O–H groups in total. The van der Waals surface area contributed by atoms with Crippen LogP contribution in [-0.4, -0.2) is 33.8 Å². The van der Waals surface area contributed by atoms with Crippen molar-refractivity contribution in [1.82, 2.24) is 5.32 Å². The van der Waals surface area contributed by atoms with Gasteiger partial charge in [0.15, 0.2) is 11.5 Å². The van der Waals surface area contributed by atoms with Crippen molar-refractivity contribution in [3.05, 3.63) is 53.3 Å². The van der Waals surface area contributed by atoms with Gasteiger partial charge in [-0.2, -0.15) is 0 Å². The summed E-state index contributed by atoms with van der Waals surface area (Å²) in [6, 6.07) is 9.79. The van der Waals surface area contributed by atoms with E-state index in [-0.39, 0.29) is 17.1 Å². The average Bonchev–Trinajstić information content (AvgIpc) is 3.46. The molecule has 0 bridgehead atoms. The molecular formula is C20H22FNO4. The zero-order valence-corrected chi connectivity index (χ0v) is 15.1. The maximum absolute atomic E-state index is 13.1. The van der Waals surface area contributed by atoms with Crippen LogP contribution in [0.3, 0.4) is 0 Å². The van der Waals surface area contributed by atoms with Crippen molar-refractivity contribution in [2.45, 2.75) is 18.3 Å². The van der Waals surface area contributed by atoms with Crippen LogP contribution in [-0.2, 0) is 5.41 Å². The molecule has 26 heavy (non-hydrogen) atoms. The minimum absolute atomic E-state index is 0.118. The van der Waals surface area contributed by atoms with E-state index in [4.69, 9.17) is 14.2 Å². The van der Waals surface area contributed by atoms with E-state index >= 15 is 0 Å². The van der Waals surface area contributed by atoms with Crippen LogP contribution in [0.15, 0.2) is 36.4 Å². The molecule has 0 aliphatic heterocycles. The van der Waals surface area contributed by atoms with Crippen LogP contribution in [0.1, 0.15) is 28.8 Å². The van der Waals surface area contributed by atoms with Gasteiger partial charge in [0, 0.05) is 12.0 Å². The van der Waals surface area contributed by atoms with Gasteiger partial charge >= 0.3 is 0 Å². The van der Waals surface area contributed by atoms with E-state index in [2.05, 4.69) is 5.32 Å². The van der Waals surface area contributed by atoms with Crippen molar-refractivity contribution in [2.75, 3.05) is 27.9 Å². The van der Waals surface area contributed by atoms with Gasteiger partial charge in [-0.3, -0.25) is 4.79 Å². The number of benzene rings is 2. The van der Waals surface area contributed by atoms with Crippen LogP contribution in [0.4, 0.5) is 4.39 Å². The van der Waals surface area contributed by atoms with Crippen LogP contribution in [0.2, 0.25) is 0 Å². The molecule has 138 valence electrons. The van der Waals surface area contributed by atoms with Crippen LogP contribution < -0.4 is 19.5 Å². The molecule has 1 amide bonds. The SMILES string of the molecule is COc1ccc(C(=O)NCC2(c3ccc(F)cc3)CC2)c(OC)c1OC. The Bertz CT molecular complexity index is 800. The first-order valence-corrected chi connectivity index (χ1v) is 8.38. The summed E-state index contributed by atoms with van der Waals surface area (Å²) in [6.45, 7) is 0.481. The Hall–Kier alpha value is -2.76. The molecule has 1 saturated carbocycles. The Morgan fingerprint density at radius 1 is 1.00 bits per heavy atom. The molecule has 5 nitrogen and oxygen atoms in total. The minimum Gasteiger partial charge on any atom is -0.493 e. The summed E-state index contributed by atoms with van der Waals surface area (Å²) < 4.78 is 29.1. The zero-order valence-electron chi connectivity index (χ0n) is 15.1. The van der Waals surface area contributed by atoms with E-state index in [1.54, 1.807) is 24.3 Å². The molecule has 0 spiro atoms. The maximum atomic E-state index is 13.1. The monoisotopic (exact) mass is 359 g/mol. The van der Waals surface area contributed by atoms with Crippen LogP contribution in [0, 0.1) is 5.82 Å². The van der Waals surface area contributed by atoms with Gasteiger partial charge in [0.2, 0.25) is 5.75 Å². The van der Waals surface area contributed by atoms with Crippen molar-refractivity contribution in [3.8, 4) is 17.2 Å². The molecule has 1 aliphatic rings. The number of ether oxygens (including phenoxy) is 3. The highest BCUT2D eigenvalue weighted by atomic mass is 19.1. The van der Waals surface area contributed by atoms with Crippen LogP contribution >= 0.6 is 0 Å². The number of methoxy groups -OCH3 is 3. The van der Waals surface area contributed by atoms with E-state index in [1.165, 1.54) is 33.5 Å². The summed E-state index contributed by atoms with van der Waals surface area (Å²) in [7, 11) is 4.50. The number of carbonyl (C=O) groups excluding carboxylic acids is 1. The lowest BCUT2D eigenvalue weighted by atomic mass is 9.96. The third kappa shape index (κ3) is 3.31. The molecule has 0 aromatic heterocycles. The molecule has 2 aromatic rings. The summed E-state index contributed by atoms with van der Waals surface area (Å²) in [6.07, 6.45) is 1.92. The smallest absolute Gasteiger partial charge is 0.255 e. The predicted octanol–water partition coefficient (Wildman–Crippen LogP) is 3.31. The van der Waals surface area contributed by atoms with Crippen molar-refractivity contribution in [2.24, 2.45) is 0 Å². The minimum atomic E-state index is -0.261. The fraction of sp³-hybridized carbons (Fsp3) is 0.350. The molecule has 0 atom stereocenters. The molecule has 2 aromatic carbocycles. The maximum Gasteiger partial charge on any atom is 0.255 e. The van der Waals surface area contributed by atoms with E-state index in [0.717, 1.165) is 18.4 Å². The standard InChI is InChI=1S/C20H22FNO4/c1-24-16-9-8-15(17(25-2)18(16)26-3)19(23)22-12-20(10-11-20)13-4-6-14(21)7-5-13/h4-9H,10-12H2,1-3H3,(H,22,23). The highest BCUT2D eigenvalue weighted by Gasteiger charge is 2.44. The molecular weight excluding hydrogens is 337 g/mol. The van der Waals surface area contributed by atoms with Gasteiger partial charge in [-0.25, -0.2) is 4.39 Å². The van der Waals surface area contributed by atoms with Crippen molar-refractivity contribution in [3.63, 3.8) is 0 Å². The summed E-state index contributed by atoms with van der Waals surface area (Å²) in [5.41, 5.74) is 1.30. The number of nitrogens with one attached hydrogen (secondary N) is 1. The number of halogens is 1. The Kier molecular flexibility index (Phi) is 5.02. The van der Waals surface area contributed by atoms with E-state index in [0.29, 0.717) is 29.4 Å².